The number of nitrogens with one attached hydrogen (secondary N) is 1. The normalized spacial score (nSPS) is 15.6. The highest BCUT2D eigenvalue weighted by Crippen LogP contribution is 2.45. The van der Waals surface area contributed by atoms with Crippen molar-refractivity contribution in [3.05, 3.63) is 69.9 Å². The van der Waals surface area contributed by atoms with E-state index in [-0.39, 0.29) is 23.8 Å². The Morgan fingerprint density at radius 2 is 1.82 bits per heavy atom. The van der Waals surface area contributed by atoms with Crippen LogP contribution >= 0.6 is 0 Å². The molecule has 2 aromatic carbocycles. The number of nitrogens with zero attached hydrogens (tertiary/aromatic N) is 2. The van der Waals surface area contributed by atoms with Gasteiger partial charge in [0.05, 0.1) is 12.1 Å². The van der Waals surface area contributed by atoms with Gasteiger partial charge in [0.2, 0.25) is 0 Å². The Hall–Kier alpha value is -3.12. The zero-order valence-electron chi connectivity index (χ0n) is 21.0. The number of phenolic OH excluding ortho intramolecular Hbond substituents is 1. The van der Waals surface area contributed by atoms with Gasteiger partial charge in [0.25, 0.3) is 5.91 Å². The van der Waals surface area contributed by atoms with Crippen LogP contribution in [0.25, 0.3) is 11.3 Å². The van der Waals surface area contributed by atoms with Gasteiger partial charge in [-0.05, 0) is 68.4 Å². The number of rotatable bonds is 8. The minimum absolute atomic E-state index is 0.0690. The smallest absolute Gasteiger partial charge is 0.273 e. The number of carbonyl (C=O) groups excluding carboxylic acids is 1. The van der Waals surface area contributed by atoms with Crippen molar-refractivity contribution in [3.63, 3.8) is 0 Å². The van der Waals surface area contributed by atoms with Gasteiger partial charge in [-0.3, -0.25) is 9.89 Å². The molecule has 3 aromatic rings. The summed E-state index contributed by atoms with van der Waals surface area (Å²) in [5.74, 6) is 0.535. The Bertz CT molecular complexity index is 1160. The molecule has 0 fully saturated rings. The van der Waals surface area contributed by atoms with Crippen LogP contribution in [0.3, 0.4) is 0 Å². The zero-order valence-corrected chi connectivity index (χ0v) is 21.0. The summed E-state index contributed by atoms with van der Waals surface area (Å²) < 4.78 is 5.72. The summed E-state index contributed by atoms with van der Waals surface area (Å²) in [4.78, 5) is 15.4. The van der Waals surface area contributed by atoms with Crippen molar-refractivity contribution in [1.29, 1.82) is 0 Å². The average Bonchev–Trinajstić information content (AvgIpc) is 3.30. The van der Waals surface area contributed by atoms with E-state index >= 15 is 0 Å². The summed E-state index contributed by atoms with van der Waals surface area (Å²) in [7, 11) is 0. The molecule has 6 nitrogen and oxygen atoms in total. The fourth-order valence-corrected chi connectivity index (χ4v) is 4.83. The van der Waals surface area contributed by atoms with Crippen LogP contribution in [0.1, 0.15) is 84.4 Å². The van der Waals surface area contributed by atoms with E-state index in [0.717, 1.165) is 28.7 Å². The van der Waals surface area contributed by atoms with Crippen LogP contribution in [0, 0.1) is 13.8 Å². The summed E-state index contributed by atoms with van der Waals surface area (Å²) >= 11 is 0. The molecule has 2 N–H and O–H groups in total. The minimum Gasteiger partial charge on any atom is -0.507 e. The third kappa shape index (κ3) is 4.47. The Balaban J connectivity index is 1.79. The monoisotopic (exact) mass is 461 g/mol. The number of hydrogen-bond donors (Lipinski definition) is 2. The number of aromatic amines is 1. The highest BCUT2D eigenvalue weighted by molar-refractivity contribution is 6.00. The first kappa shape index (κ1) is 24.0. The molecule has 1 atom stereocenters. The molecule has 1 unspecified atom stereocenters. The molecule has 0 saturated carbocycles. The van der Waals surface area contributed by atoms with Gasteiger partial charge in [-0.1, -0.05) is 44.2 Å². The minimum atomic E-state index is -0.281. The average molecular weight is 462 g/mol. The third-order valence-corrected chi connectivity index (χ3v) is 6.47. The van der Waals surface area contributed by atoms with Crippen LogP contribution in [0.2, 0.25) is 0 Å². The summed E-state index contributed by atoms with van der Waals surface area (Å²) in [5, 5.41) is 18.3. The van der Waals surface area contributed by atoms with E-state index in [2.05, 4.69) is 48.3 Å². The maximum atomic E-state index is 13.5. The second-order valence-corrected chi connectivity index (χ2v) is 9.83. The van der Waals surface area contributed by atoms with Crippen LogP contribution in [-0.2, 0) is 4.74 Å². The van der Waals surface area contributed by atoms with Crippen LogP contribution in [0.4, 0.5) is 0 Å². The first-order valence-corrected chi connectivity index (χ1v) is 12.1. The fourth-order valence-electron chi connectivity index (χ4n) is 4.83. The number of benzene rings is 2. The molecular formula is C28H35N3O3. The number of hydrogen-bond acceptors (Lipinski definition) is 4. The van der Waals surface area contributed by atoms with Crippen molar-refractivity contribution in [1.82, 2.24) is 15.1 Å². The number of phenols is 1. The third-order valence-electron chi connectivity index (χ3n) is 6.47. The number of fused-ring (bicyclic) bond motifs is 1. The number of ether oxygens (including phenoxy) is 1. The van der Waals surface area contributed by atoms with Crippen molar-refractivity contribution in [2.24, 2.45) is 0 Å². The Morgan fingerprint density at radius 3 is 2.44 bits per heavy atom. The van der Waals surface area contributed by atoms with Crippen molar-refractivity contribution >= 4 is 5.91 Å². The van der Waals surface area contributed by atoms with Crippen molar-refractivity contribution in [3.8, 4) is 17.0 Å². The number of amides is 1. The van der Waals surface area contributed by atoms with Crippen LogP contribution < -0.4 is 0 Å². The quantitative estimate of drug-likeness (QED) is 0.411. The van der Waals surface area contributed by atoms with E-state index < -0.39 is 0 Å². The van der Waals surface area contributed by atoms with E-state index in [9.17, 15) is 9.90 Å². The highest BCUT2D eigenvalue weighted by Gasteiger charge is 2.42. The molecule has 2 heterocycles. The lowest BCUT2D eigenvalue weighted by molar-refractivity contribution is 0.0601. The van der Waals surface area contributed by atoms with E-state index in [1.54, 1.807) is 6.07 Å². The van der Waals surface area contributed by atoms with Gasteiger partial charge in [-0.2, -0.15) is 5.10 Å². The van der Waals surface area contributed by atoms with Crippen molar-refractivity contribution in [2.75, 3.05) is 13.2 Å². The maximum absolute atomic E-state index is 13.5. The Morgan fingerprint density at radius 1 is 1.12 bits per heavy atom. The topological polar surface area (TPSA) is 78.5 Å². The number of aromatic hydroxyl groups is 1. The summed E-state index contributed by atoms with van der Waals surface area (Å²) in [6, 6.07) is 12.0. The molecule has 6 heteroatoms. The lowest BCUT2D eigenvalue weighted by Crippen LogP contribution is -2.31. The number of H-pyrrole nitrogens is 1. The van der Waals surface area contributed by atoms with Gasteiger partial charge in [-0.25, -0.2) is 0 Å². The van der Waals surface area contributed by atoms with E-state index in [4.69, 9.17) is 4.74 Å². The number of aryl methyl sites for hydroxylation is 2. The zero-order chi connectivity index (χ0) is 24.6. The van der Waals surface area contributed by atoms with Crippen LogP contribution in [-0.4, -0.2) is 45.4 Å². The fraction of sp³-hybridized carbons (Fsp3) is 0.429. The van der Waals surface area contributed by atoms with Gasteiger partial charge in [0.1, 0.15) is 17.1 Å². The SMILES string of the molecule is Cc1cc(C)c(-c2n[nH]c3c2C(c2ccc(C(C)C)cc2)N(CCCOC(C)C)C3=O)c(O)c1. The van der Waals surface area contributed by atoms with Gasteiger partial charge in [-0.15, -0.1) is 0 Å². The summed E-state index contributed by atoms with van der Waals surface area (Å²) in [6.07, 6.45) is 0.900. The molecule has 0 aliphatic carbocycles. The van der Waals surface area contributed by atoms with Gasteiger partial charge < -0.3 is 14.7 Å². The Kier molecular flexibility index (Phi) is 6.80. The first-order valence-electron chi connectivity index (χ1n) is 12.1. The Labute approximate surface area is 202 Å². The molecule has 180 valence electrons. The lowest BCUT2D eigenvalue weighted by atomic mass is 9.92. The van der Waals surface area contributed by atoms with Crippen molar-refractivity contribution in [2.45, 2.75) is 66.0 Å². The molecule has 1 aliphatic heterocycles. The summed E-state index contributed by atoms with van der Waals surface area (Å²) in [5.41, 5.74) is 6.83. The van der Waals surface area contributed by atoms with Crippen molar-refractivity contribution < 1.29 is 14.6 Å². The van der Waals surface area contributed by atoms with Gasteiger partial charge >= 0.3 is 0 Å². The largest absolute Gasteiger partial charge is 0.507 e. The maximum Gasteiger partial charge on any atom is 0.273 e. The van der Waals surface area contributed by atoms with Crippen LogP contribution in [0.15, 0.2) is 36.4 Å². The molecule has 34 heavy (non-hydrogen) atoms. The summed E-state index contributed by atoms with van der Waals surface area (Å²) in [6.45, 7) is 13.5. The van der Waals surface area contributed by atoms with Gasteiger partial charge in [0, 0.05) is 24.3 Å². The molecule has 1 amide bonds. The number of carbonyl (C=O) groups is 1. The second kappa shape index (κ2) is 9.63. The van der Waals surface area contributed by atoms with Gasteiger partial charge in [0.15, 0.2) is 0 Å². The molecule has 0 saturated heterocycles. The molecule has 0 radical (unpaired) electrons. The van der Waals surface area contributed by atoms with Crippen LogP contribution in [0.5, 0.6) is 5.75 Å². The molecule has 0 bridgehead atoms. The van der Waals surface area contributed by atoms with E-state index in [0.29, 0.717) is 36.0 Å². The molecular weight excluding hydrogens is 426 g/mol. The second-order valence-electron chi connectivity index (χ2n) is 9.83. The first-order chi connectivity index (χ1) is 16.2. The van der Waals surface area contributed by atoms with E-state index in [1.165, 1.54) is 5.56 Å². The highest BCUT2D eigenvalue weighted by atomic mass is 16.5. The molecule has 1 aliphatic rings. The predicted molar refractivity (Wildman–Crippen MR) is 134 cm³/mol. The van der Waals surface area contributed by atoms with E-state index in [1.807, 2.05) is 38.7 Å². The predicted octanol–water partition coefficient (Wildman–Crippen LogP) is 5.88. The molecule has 0 spiro atoms. The standard InChI is InChI=1S/C28H35N3O3/c1-16(2)20-8-10-21(11-9-20)27-24-25(23-19(6)14-18(5)15-22(23)32)29-30-26(24)28(33)31(27)12-7-13-34-17(3)4/h8-11,14-17,27,32H,7,12-13H2,1-6H3,(H,29,30). The number of aromatic nitrogens is 2. The lowest BCUT2D eigenvalue weighted by Gasteiger charge is -2.27. The molecule has 4 rings (SSSR count). The molecule has 1 aromatic heterocycles.